The average molecular weight is 239 g/mol. The Labute approximate surface area is 108 Å². The highest BCUT2D eigenvalue weighted by Gasteiger charge is 2.56. The Morgan fingerprint density at radius 1 is 1.00 bits per heavy atom. The Kier molecular flexibility index (Phi) is 2.90. The van der Waals surface area contributed by atoms with Crippen LogP contribution in [-0.2, 0) is 10.5 Å². The lowest BCUT2D eigenvalue weighted by molar-refractivity contribution is 0.0278. The molecule has 0 aliphatic carbocycles. The summed E-state index contributed by atoms with van der Waals surface area (Å²) >= 11 is 0. The van der Waals surface area contributed by atoms with Crippen LogP contribution in [0, 0.1) is 0 Å². The summed E-state index contributed by atoms with van der Waals surface area (Å²) in [7, 11) is 0. The summed E-state index contributed by atoms with van der Waals surface area (Å²) in [6.07, 6.45) is 0. The van der Waals surface area contributed by atoms with Gasteiger partial charge >= 0.3 is 0 Å². The molecule has 2 unspecified atom stereocenters. The zero-order valence-electron chi connectivity index (χ0n) is 10.5. The van der Waals surface area contributed by atoms with E-state index in [0.29, 0.717) is 6.61 Å². The predicted molar refractivity (Wildman–Crippen MR) is 72.1 cm³/mol. The van der Waals surface area contributed by atoms with Crippen molar-refractivity contribution in [1.82, 2.24) is 5.32 Å². The van der Waals surface area contributed by atoms with Crippen LogP contribution in [0.2, 0.25) is 0 Å². The van der Waals surface area contributed by atoms with Crippen LogP contribution in [-0.4, -0.2) is 6.61 Å². The molecular formula is C16H17NO. The van der Waals surface area contributed by atoms with E-state index in [1.165, 1.54) is 11.1 Å². The smallest absolute Gasteiger partial charge is 0.165 e. The number of nitrogens with one attached hydrogen (secondary N) is 1. The third-order valence-electron chi connectivity index (χ3n) is 3.39. The molecule has 1 heterocycles. The van der Waals surface area contributed by atoms with E-state index in [0.717, 1.165) is 0 Å². The molecule has 92 valence electrons. The number of ether oxygens (including phenoxy) is 1. The molecule has 1 aliphatic rings. The molecule has 1 saturated heterocycles. The summed E-state index contributed by atoms with van der Waals surface area (Å²) in [5.41, 5.74) is 2.13. The molecule has 2 nitrogen and oxygen atoms in total. The lowest BCUT2D eigenvalue weighted by atomic mass is 10.0. The van der Waals surface area contributed by atoms with Gasteiger partial charge in [-0.1, -0.05) is 60.7 Å². The number of hydrogen-bond acceptors (Lipinski definition) is 2. The van der Waals surface area contributed by atoms with Gasteiger partial charge in [-0.25, -0.2) is 0 Å². The average Bonchev–Trinajstić information content (AvgIpc) is 3.17. The largest absolute Gasteiger partial charge is 0.355 e. The molecule has 0 spiro atoms. The van der Waals surface area contributed by atoms with Crippen LogP contribution in [0.5, 0.6) is 0 Å². The predicted octanol–water partition coefficient (Wildman–Crippen LogP) is 3.22. The molecule has 1 N–H and O–H groups in total. The Bertz CT molecular complexity index is 511. The molecule has 2 heteroatoms. The summed E-state index contributed by atoms with van der Waals surface area (Å²) in [6.45, 7) is 2.73. The standard InChI is InChI=1S/C16H17NO/c1-2-18-16(14-11-7-4-8-12-14)15(17-16)13-9-5-3-6-10-13/h3-12,15,17H,2H2,1H3. The minimum atomic E-state index is -0.336. The van der Waals surface area contributed by atoms with E-state index in [-0.39, 0.29) is 11.8 Å². The van der Waals surface area contributed by atoms with Gasteiger partial charge in [0.2, 0.25) is 0 Å². The lowest BCUT2D eigenvalue weighted by Crippen LogP contribution is -2.18. The van der Waals surface area contributed by atoms with Gasteiger partial charge in [0.15, 0.2) is 5.72 Å². The first kappa shape index (κ1) is 11.5. The summed E-state index contributed by atoms with van der Waals surface area (Å²) in [4.78, 5) is 0. The molecule has 2 aromatic carbocycles. The van der Waals surface area contributed by atoms with Crippen molar-refractivity contribution >= 4 is 0 Å². The second-order valence-corrected chi connectivity index (χ2v) is 4.52. The number of rotatable bonds is 4. The summed E-state index contributed by atoms with van der Waals surface area (Å²) in [6, 6.07) is 21.1. The van der Waals surface area contributed by atoms with Gasteiger partial charge in [-0.05, 0) is 12.5 Å². The molecule has 1 aliphatic heterocycles. The van der Waals surface area contributed by atoms with Crippen molar-refractivity contribution in [3.8, 4) is 0 Å². The van der Waals surface area contributed by atoms with Crippen LogP contribution >= 0.6 is 0 Å². The van der Waals surface area contributed by atoms with Crippen LogP contribution < -0.4 is 5.32 Å². The molecule has 3 rings (SSSR count). The van der Waals surface area contributed by atoms with Gasteiger partial charge in [0.1, 0.15) is 0 Å². The molecule has 0 radical (unpaired) electrons. The zero-order chi connectivity index (χ0) is 12.4. The Morgan fingerprint density at radius 2 is 1.61 bits per heavy atom. The second kappa shape index (κ2) is 4.56. The van der Waals surface area contributed by atoms with Crippen molar-refractivity contribution in [2.75, 3.05) is 6.61 Å². The maximum atomic E-state index is 5.98. The van der Waals surface area contributed by atoms with Gasteiger partial charge in [-0.2, -0.15) is 0 Å². The van der Waals surface area contributed by atoms with Crippen molar-refractivity contribution < 1.29 is 4.74 Å². The lowest BCUT2D eigenvalue weighted by Gasteiger charge is -2.16. The van der Waals surface area contributed by atoms with Crippen LogP contribution in [0.25, 0.3) is 0 Å². The maximum Gasteiger partial charge on any atom is 0.165 e. The highest BCUT2D eigenvalue weighted by Crippen LogP contribution is 2.49. The molecule has 0 saturated carbocycles. The van der Waals surface area contributed by atoms with Gasteiger partial charge in [0.05, 0.1) is 6.04 Å². The van der Waals surface area contributed by atoms with E-state index in [2.05, 4.69) is 53.8 Å². The van der Waals surface area contributed by atoms with Gasteiger partial charge in [0, 0.05) is 12.2 Å². The van der Waals surface area contributed by atoms with Crippen molar-refractivity contribution in [2.45, 2.75) is 18.7 Å². The summed E-state index contributed by atoms with van der Waals surface area (Å²) in [5.74, 6) is 0. The minimum Gasteiger partial charge on any atom is -0.355 e. The fraction of sp³-hybridized carbons (Fsp3) is 0.250. The van der Waals surface area contributed by atoms with E-state index >= 15 is 0 Å². The monoisotopic (exact) mass is 239 g/mol. The Morgan fingerprint density at radius 3 is 2.22 bits per heavy atom. The fourth-order valence-electron chi connectivity index (χ4n) is 2.51. The van der Waals surface area contributed by atoms with Crippen LogP contribution in [0.3, 0.4) is 0 Å². The first-order valence-corrected chi connectivity index (χ1v) is 6.39. The molecule has 0 amide bonds. The van der Waals surface area contributed by atoms with E-state index in [9.17, 15) is 0 Å². The van der Waals surface area contributed by atoms with E-state index in [1.54, 1.807) is 0 Å². The molecule has 2 atom stereocenters. The van der Waals surface area contributed by atoms with Gasteiger partial charge in [-0.3, -0.25) is 5.32 Å². The van der Waals surface area contributed by atoms with E-state index in [1.807, 2.05) is 19.1 Å². The van der Waals surface area contributed by atoms with Crippen molar-refractivity contribution in [2.24, 2.45) is 0 Å². The maximum absolute atomic E-state index is 5.98. The first-order valence-electron chi connectivity index (χ1n) is 6.39. The topological polar surface area (TPSA) is 31.2 Å². The van der Waals surface area contributed by atoms with Gasteiger partial charge < -0.3 is 4.74 Å². The van der Waals surface area contributed by atoms with Crippen LogP contribution in [0.15, 0.2) is 60.7 Å². The third-order valence-corrected chi connectivity index (χ3v) is 3.39. The van der Waals surface area contributed by atoms with E-state index < -0.39 is 0 Å². The normalized spacial score (nSPS) is 25.9. The van der Waals surface area contributed by atoms with Gasteiger partial charge in [0.25, 0.3) is 0 Å². The number of benzene rings is 2. The SMILES string of the molecule is CCOC1(c2ccccc2)NC1c1ccccc1. The highest BCUT2D eigenvalue weighted by atomic mass is 16.5. The van der Waals surface area contributed by atoms with E-state index in [4.69, 9.17) is 4.74 Å². The summed E-state index contributed by atoms with van der Waals surface area (Å²) in [5, 5.41) is 3.49. The van der Waals surface area contributed by atoms with Crippen LogP contribution in [0.4, 0.5) is 0 Å². The second-order valence-electron chi connectivity index (χ2n) is 4.52. The third kappa shape index (κ3) is 1.84. The molecule has 0 aromatic heterocycles. The Hall–Kier alpha value is -1.64. The zero-order valence-corrected chi connectivity index (χ0v) is 10.5. The highest BCUT2D eigenvalue weighted by molar-refractivity contribution is 5.37. The molecular weight excluding hydrogens is 222 g/mol. The molecule has 2 aromatic rings. The quantitative estimate of drug-likeness (QED) is 0.830. The van der Waals surface area contributed by atoms with Crippen molar-refractivity contribution in [3.05, 3.63) is 71.8 Å². The van der Waals surface area contributed by atoms with Crippen molar-refractivity contribution in [1.29, 1.82) is 0 Å². The fourth-order valence-corrected chi connectivity index (χ4v) is 2.51. The Balaban J connectivity index is 1.93. The molecule has 1 fully saturated rings. The van der Waals surface area contributed by atoms with Gasteiger partial charge in [-0.15, -0.1) is 0 Å². The molecule has 0 bridgehead atoms. The minimum absolute atomic E-state index is 0.251. The summed E-state index contributed by atoms with van der Waals surface area (Å²) < 4.78 is 5.98. The van der Waals surface area contributed by atoms with Crippen LogP contribution in [0.1, 0.15) is 24.1 Å². The molecule has 18 heavy (non-hydrogen) atoms. The number of hydrogen-bond donors (Lipinski definition) is 1. The first-order chi connectivity index (χ1) is 8.87. The van der Waals surface area contributed by atoms with Crippen molar-refractivity contribution in [3.63, 3.8) is 0 Å².